The van der Waals surface area contributed by atoms with Gasteiger partial charge in [0.2, 0.25) is 12.7 Å². The maximum absolute atomic E-state index is 12.4. The van der Waals surface area contributed by atoms with Crippen molar-refractivity contribution < 1.29 is 28.9 Å². The van der Waals surface area contributed by atoms with Crippen LogP contribution in [0.2, 0.25) is 0 Å². The van der Waals surface area contributed by atoms with Crippen LogP contribution < -0.4 is 14.8 Å². The van der Waals surface area contributed by atoms with E-state index in [-0.39, 0.29) is 24.9 Å². The molecule has 1 aromatic carbocycles. The van der Waals surface area contributed by atoms with Crippen LogP contribution in [0.1, 0.15) is 18.4 Å². The third-order valence-electron chi connectivity index (χ3n) is 4.76. The van der Waals surface area contributed by atoms with Gasteiger partial charge in [0.15, 0.2) is 11.5 Å². The van der Waals surface area contributed by atoms with Crippen LogP contribution in [0.15, 0.2) is 18.2 Å². The number of carboxylic acid groups (broad SMARTS) is 1. The topological polar surface area (TPSA) is 94.1 Å². The lowest BCUT2D eigenvalue weighted by atomic mass is 9.78. The van der Waals surface area contributed by atoms with Crippen molar-refractivity contribution in [2.75, 3.05) is 6.79 Å². The SMILES string of the molecule is O=C(O)[C@@H]1[C@H](C(=O)NCc2ccc3c(c2)OCO3)[C@@H]2CC[C@H]1O2. The monoisotopic (exact) mass is 319 g/mol. The van der Waals surface area contributed by atoms with Crippen LogP contribution in [-0.4, -0.2) is 36.0 Å². The van der Waals surface area contributed by atoms with E-state index in [1.165, 1.54) is 0 Å². The molecule has 4 rings (SSSR count). The first-order chi connectivity index (χ1) is 11.1. The molecule has 2 saturated heterocycles. The van der Waals surface area contributed by atoms with Gasteiger partial charge in [0.05, 0.1) is 24.0 Å². The quantitative estimate of drug-likeness (QED) is 0.857. The Hall–Kier alpha value is -2.28. The van der Waals surface area contributed by atoms with Crippen molar-refractivity contribution in [2.45, 2.75) is 31.6 Å². The van der Waals surface area contributed by atoms with Gasteiger partial charge in [0.25, 0.3) is 0 Å². The Kier molecular flexibility index (Phi) is 3.37. The molecule has 3 aliphatic rings. The minimum absolute atomic E-state index is 0.202. The normalized spacial score (nSPS) is 30.4. The predicted octanol–water partition coefficient (Wildman–Crippen LogP) is 0.910. The lowest BCUT2D eigenvalue weighted by Crippen LogP contribution is -2.43. The van der Waals surface area contributed by atoms with E-state index in [4.69, 9.17) is 14.2 Å². The Morgan fingerprint density at radius 2 is 1.87 bits per heavy atom. The van der Waals surface area contributed by atoms with E-state index in [9.17, 15) is 14.7 Å². The van der Waals surface area contributed by atoms with Gasteiger partial charge >= 0.3 is 5.97 Å². The number of amides is 1. The number of hydrogen-bond acceptors (Lipinski definition) is 5. The van der Waals surface area contributed by atoms with E-state index >= 15 is 0 Å². The number of ether oxygens (including phenoxy) is 3. The van der Waals surface area contributed by atoms with Gasteiger partial charge < -0.3 is 24.6 Å². The van der Waals surface area contributed by atoms with Crippen LogP contribution in [-0.2, 0) is 20.9 Å². The van der Waals surface area contributed by atoms with Gasteiger partial charge in [-0.15, -0.1) is 0 Å². The van der Waals surface area contributed by atoms with Gasteiger partial charge in [-0.05, 0) is 30.5 Å². The summed E-state index contributed by atoms with van der Waals surface area (Å²) in [6.07, 6.45) is 0.848. The molecule has 0 aromatic heterocycles. The lowest BCUT2D eigenvalue weighted by molar-refractivity contribution is -0.147. The molecule has 0 unspecified atom stereocenters. The average molecular weight is 319 g/mol. The van der Waals surface area contributed by atoms with Crippen molar-refractivity contribution in [1.29, 1.82) is 0 Å². The van der Waals surface area contributed by atoms with Crippen LogP contribution in [0, 0.1) is 11.8 Å². The van der Waals surface area contributed by atoms with E-state index in [1.807, 2.05) is 12.1 Å². The van der Waals surface area contributed by atoms with Gasteiger partial charge in [0.1, 0.15) is 0 Å². The molecule has 0 aliphatic carbocycles. The standard InChI is InChI=1S/C16H17NO6/c18-15(13-10-3-4-11(23-10)14(13)16(19)20)17-6-8-1-2-9-12(5-8)22-7-21-9/h1-2,5,10-11,13-14H,3-4,6-7H2,(H,17,18)(H,19,20)/t10-,11+,13+,14-/m0/s1. The zero-order chi connectivity index (χ0) is 16.0. The second-order valence-electron chi connectivity index (χ2n) is 6.09. The molecule has 3 aliphatic heterocycles. The summed E-state index contributed by atoms with van der Waals surface area (Å²) in [4.78, 5) is 23.9. The van der Waals surface area contributed by atoms with E-state index < -0.39 is 17.8 Å². The molecular weight excluding hydrogens is 302 g/mol. The van der Waals surface area contributed by atoms with Crippen LogP contribution in [0.5, 0.6) is 11.5 Å². The maximum Gasteiger partial charge on any atom is 0.310 e. The van der Waals surface area contributed by atoms with Gasteiger partial charge in [-0.3, -0.25) is 9.59 Å². The molecule has 3 heterocycles. The summed E-state index contributed by atoms with van der Waals surface area (Å²) in [6, 6.07) is 5.46. The summed E-state index contributed by atoms with van der Waals surface area (Å²) in [5.74, 6) is -1.23. The van der Waals surface area contributed by atoms with E-state index in [0.29, 0.717) is 24.5 Å². The first kappa shape index (κ1) is 14.3. The summed E-state index contributed by atoms with van der Waals surface area (Å²) >= 11 is 0. The lowest BCUT2D eigenvalue weighted by Gasteiger charge is -2.23. The van der Waals surface area contributed by atoms with Crippen molar-refractivity contribution in [3.63, 3.8) is 0 Å². The maximum atomic E-state index is 12.4. The molecule has 7 nitrogen and oxygen atoms in total. The van der Waals surface area contributed by atoms with Crippen molar-refractivity contribution in [3.05, 3.63) is 23.8 Å². The predicted molar refractivity (Wildman–Crippen MR) is 76.9 cm³/mol. The Bertz CT molecular complexity index is 660. The molecule has 1 amide bonds. The molecule has 4 atom stereocenters. The highest BCUT2D eigenvalue weighted by atomic mass is 16.7. The first-order valence-electron chi connectivity index (χ1n) is 7.68. The highest BCUT2D eigenvalue weighted by Gasteiger charge is 2.55. The Balaban J connectivity index is 1.43. The van der Waals surface area contributed by atoms with Crippen molar-refractivity contribution >= 4 is 11.9 Å². The fourth-order valence-electron chi connectivity index (χ4n) is 3.68. The first-order valence-corrected chi connectivity index (χ1v) is 7.68. The number of hydrogen-bond donors (Lipinski definition) is 2. The molecule has 0 radical (unpaired) electrons. The number of carboxylic acids is 1. The minimum atomic E-state index is -0.958. The Labute approximate surface area is 132 Å². The van der Waals surface area contributed by atoms with E-state index in [0.717, 1.165) is 12.0 Å². The molecule has 7 heteroatoms. The number of carbonyl (C=O) groups is 2. The molecule has 1 aromatic rings. The molecule has 2 N–H and O–H groups in total. The zero-order valence-corrected chi connectivity index (χ0v) is 12.4. The summed E-state index contributed by atoms with van der Waals surface area (Å²) in [5, 5.41) is 12.2. The van der Waals surface area contributed by atoms with Crippen molar-refractivity contribution in [1.82, 2.24) is 5.32 Å². The minimum Gasteiger partial charge on any atom is -0.481 e. The van der Waals surface area contributed by atoms with Gasteiger partial charge in [0, 0.05) is 6.54 Å². The second kappa shape index (κ2) is 5.42. The molecular formula is C16H17NO6. The van der Waals surface area contributed by atoms with Gasteiger partial charge in [-0.25, -0.2) is 0 Å². The average Bonchev–Trinajstić information content (AvgIpc) is 3.25. The van der Waals surface area contributed by atoms with Crippen molar-refractivity contribution in [2.24, 2.45) is 11.8 Å². The van der Waals surface area contributed by atoms with Crippen LogP contribution in [0.25, 0.3) is 0 Å². The molecule has 0 saturated carbocycles. The Morgan fingerprint density at radius 1 is 1.13 bits per heavy atom. The summed E-state index contributed by atoms with van der Waals surface area (Å²) in [6.45, 7) is 0.517. The summed E-state index contributed by atoms with van der Waals surface area (Å²) in [7, 11) is 0. The second-order valence-corrected chi connectivity index (χ2v) is 6.09. The zero-order valence-electron chi connectivity index (χ0n) is 12.4. The van der Waals surface area contributed by atoms with Crippen LogP contribution in [0.3, 0.4) is 0 Å². The Morgan fingerprint density at radius 3 is 2.65 bits per heavy atom. The van der Waals surface area contributed by atoms with Crippen LogP contribution in [0.4, 0.5) is 0 Å². The highest BCUT2D eigenvalue weighted by Crippen LogP contribution is 2.43. The summed E-state index contributed by atoms with van der Waals surface area (Å²) < 4.78 is 16.2. The molecule has 23 heavy (non-hydrogen) atoms. The fraction of sp³-hybridized carbons (Fsp3) is 0.500. The van der Waals surface area contributed by atoms with Gasteiger partial charge in [-0.2, -0.15) is 0 Å². The van der Waals surface area contributed by atoms with Gasteiger partial charge in [-0.1, -0.05) is 6.07 Å². The van der Waals surface area contributed by atoms with E-state index in [2.05, 4.69) is 5.32 Å². The number of rotatable bonds is 4. The molecule has 122 valence electrons. The smallest absolute Gasteiger partial charge is 0.310 e. The number of carbonyl (C=O) groups excluding carboxylic acids is 1. The third-order valence-corrected chi connectivity index (χ3v) is 4.76. The third kappa shape index (κ3) is 2.41. The number of aliphatic carboxylic acids is 1. The molecule has 0 spiro atoms. The number of fused-ring (bicyclic) bond motifs is 3. The van der Waals surface area contributed by atoms with Crippen molar-refractivity contribution in [3.8, 4) is 11.5 Å². The fourth-order valence-corrected chi connectivity index (χ4v) is 3.68. The largest absolute Gasteiger partial charge is 0.481 e. The van der Waals surface area contributed by atoms with E-state index in [1.54, 1.807) is 6.07 Å². The number of benzene rings is 1. The highest BCUT2D eigenvalue weighted by molar-refractivity contribution is 5.86. The van der Waals surface area contributed by atoms with Crippen LogP contribution >= 0.6 is 0 Å². The summed E-state index contributed by atoms with van der Waals surface area (Å²) in [5.41, 5.74) is 0.874. The molecule has 2 bridgehead atoms. The molecule has 2 fully saturated rings. The number of nitrogens with one attached hydrogen (secondary N) is 1.